The average Bonchev–Trinajstić information content (AvgIpc) is 2.93. The number of nitrogens with one attached hydrogen (secondary N) is 1. The Hall–Kier alpha value is -1.35. The lowest BCUT2D eigenvalue weighted by Crippen LogP contribution is -2.36. The van der Waals surface area contributed by atoms with E-state index in [9.17, 15) is 4.79 Å². The highest BCUT2D eigenvalue weighted by Gasteiger charge is 2.17. The zero-order valence-electron chi connectivity index (χ0n) is 11.8. The first-order valence-corrected chi connectivity index (χ1v) is 7.81. The number of likely N-dealkylation sites (tertiary alicyclic amines) is 1. The number of piperidine rings is 1. The van der Waals surface area contributed by atoms with Crippen molar-refractivity contribution < 1.29 is 4.79 Å². The fourth-order valence-electron chi connectivity index (χ4n) is 2.26. The Labute approximate surface area is 124 Å². The molecule has 2 rings (SSSR count). The van der Waals surface area contributed by atoms with Crippen molar-refractivity contribution in [1.29, 1.82) is 0 Å². The third-order valence-electron chi connectivity index (χ3n) is 3.56. The number of nitrogens with two attached hydrogens (primary N) is 1. The van der Waals surface area contributed by atoms with E-state index in [2.05, 4.69) is 29.1 Å². The first-order chi connectivity index (χ1) is 9.69. The van der Waals surface area contributed by atoms with E-state index >= 15 is 0 Å². The van der Waals surface area contributed by atoms with Gasteiger partial charge in [0.15, 0.2) is 0 Å². The molecule has 0 atom stereocenters. The second-order valence-electron chi connectivity index (χ2n) is 5.16. The number of carbonyl (C=O) groups is 1. The highest BCUT2D eigenvalue weighted by atomic mass is 32.1. The van der Waals surface area contributed by atoms with Gasteiger partial charge in [0.25, 0.3) is 5.91 Å². The first-order valence-electron chi connectivity index (χ1n) is 6.93. The zero-order valence-corrected chi connectivity index (χ0v) is 12.6. The largest absolute Gasteiger partial charge is 0.352 e. The molecule has 0 unspecified atom stereocenters. The second-order valence-corrected chi connectivity index (χ2v) is 6.07. The Morgan fingerprint density at radius 1 is 1.55 bits per heavy atom. The van der Waals surface area contributed by atoms with Gasteiger partial charge in [0.05, 0.1) is 17.0 Å². The van der Waals surface area contributed by atoms with Gasteiger partial charge in [0.2, 0.25) is 0 Å². The Morgan fingerprint density at radius 3 is 3.00 bits per heavy atom. The molecule has 1 saturated heterocycles. The highest BCUT2D eigenvalue weighted by Crippen LogP contribution is 2.16. The summed E-state index contributed by atoms with van der Waals surface area (Å²) in [7, 11) is 2.14. The molecule has 5 heteroatoms. The van der Waals surface area contributed by atoms with Crippen LogP contribution >= 0.6 is 11.3 Å². The summed E-state index contributed by atoms with van der Waals surface area (Å²) in [6.07, 6.45) is 2.32. The fourth-order valence-corrected chi connectivity index (χ4v) is 3.02. The Kier molecular flexibility index (Phi) is 5.60. The van der Waals surface area contributed by atoms with Crippen LogP contribution in [-0.4, -0.2) is 44.0 Å². The molecular formula is C15H21N3OS. The number of thiophene rings is 1. The molecular weight excluding hydrogens is 270 g/mol. The smallest absolute Gasteiger partial charge is 0.252 e. The fraction of sp³-hybridized carbons (Fsp3) is 0.533. The van der Waals surface area contributed by atoms with Gasteiger partial charge in [-0.1, -0.05) is 11.8 Å². The van der Waals surface area contributed by atoms with Gasteiger partial charge in [-0.3, -0.25) is 4.79 Å². The van der Waals surface area contributed by atoms with Crippen molar-refractivity contribution in [1.82, 2.24) is 10.2 Å². The minimum Gasteiger partial charge on any atom is -0.352 e. The van der Waals surface area contributed by atoms with E-state index in [1.165, 1.54) is 11.3 Å². The van der Waals surface area contributed by atoms with Crippen LogP contribution in [0.1, 0.15) is 28.1 Å². The molecule has 1 aromatic rings. The number of amides is 1. The van der Waals surface area contributed by atoms with Gasteiger partial charge < -0.3 is 16.0 Å². The van der Waals surface area contributed by atoms with Crippen molar-refractivity contribution in [2.75, 3.05) is 33.2 Å². The lowest BCUT2D eigenvalue weighted by atomic mass is 9.97. The zero-order chi connectivity index (χ0) is 14.4. The normalized spacial score (nSPS) is 16.5. The van der Waals surface area contributed by atoms with Crippen LogP contribution in [0, 0.1) is 17.8 Å². The molecule has 4 nitrogen and oxygen atoms in total. The third-order valence-corrected chi connectivity index (χ3v) is 4.41. The molecule has 1 aliphatic rings. The molecule has 0 aromatic carbocycles. The Morgan fingerprint density at radius 2 is 2.30 bits per heavy atom. The Balaban J connectivity index is 1.81. The summed E-state index contributed by atoms with van der Waals surface area (Å²) >= 11 is 1.48. The molecule has 108 valence electrons. The Bertz CT molecular complexity index is 507. The maximum absolute atomic E-state index is 12.1. The maximum atomic E-state index is 12.1. The van der Waals surface area contributed by atoms with E-state index in [0.29, 0.717) is 18.0 Å². The molecule has 0 spiro atoms. The summed E-state index contributed by atoms with van der Waals surface area (Å²) in [4.78, 5) is 15.3. The van der Waals surface area contributed by atoms with E-state index in [0.717, 1.165) is 37.4 Å². The summed E-state index contributed by atoms with van der Waals surface area (Å²) in [6, 6.07) is 1.83. The van der Waals surface area contributed by atoms with Gasteiger partial charge >= 0.3 is 0 Å². The van der Waals surface area contributed by atoms with Crippen LogP contribution in [0.4, 0.5) is 0 Å². The van der Waals surface area contributed by atoms with Gasteiger partial charge in [-0.25, -0.2) is 0 Å². The second kappa shape index (κ2) is 7.44. The molecule has 0 radical (unpaired) electrons. The number of hydrogen-bond acceptors (Lipinski definition) is 4. The predicted octanol–water partition coefficient (Wildman–Crippen LogP) is 1.13. The predicted molar refractivity (Wildman–Crippen MR) is 82.8 cm³/mol. The van der Waals surface area contributed by atoms with Crippen molar-refractivity contribution >= 4 is 17.2 Å². The third kappa shape index (κ3) is 4.34. The summed E-state index contributed by atoms with van der Waals surface area (Å²) in [5, 5.41) is 4.88. The molecule has 0 saturated carbocycles. The van der Waals surface area contributed by atoms with Crippen LogP contribution in [0.15, 0.2) is 11.4 Å². The molecule has 0 aliphatic carbocycles. The van der Waals surface area contributed by atoms with Crippen LogP contribution in [-0.2, 0) is 0 Å². The first kappa shape index (κ1) is 15.0. The number of nitrogens with zero attached hydrogens (tertiary/aromatic N) is 1. The van der Waals surface area contributed by atoms with Crippen molar-refractivity contribution in [3.8, 4) is 11.8 Å². The van der Waals surface area contributed by atoms with E-state index in [-0.39, 0.29) is 5.91 Å². The molecule has 1 aromatic heterocycles. The van der Waals surface area contributed by atoms with Crippen LogP contribution in [0.25, 0.3) is 0 Å². The van der Waals surface area contributed by atoms with E-state index in [1.54, 1.807) is 0 Å². The molecule has 1 amide bonds. The monoisotopic (exact) mass is 291 g/mol. The number of carbonyl (C=O) groups excluding carboxylic acids is 1. The van der Waals surface area contributed by atoms with Crippen LogP contribution in [0.3, 0.4) is 0 Å². The van der Waals surface area contributed by atoms with Crippen molar-refractivity contribution in [2.45, 2.75) is 12.8 Å². The van der Waals surface area contributed by atoms with Crippen LogP contribution in [0.2, 0.25) is 0 Å². The lowest BCUT2D eigenvalue weighted by molar-refractivity contribution is 0.0939. The minimum absolute atomic E-state index is 0.000904. The SMILES string of the molecule is CN1CCC(CNC(=O)c2csc(C#CCN)c2)CC1. The molecule has 0 bridgehead atoms. The summed E-state index contributed by atoms with van der Waals surface area (Å²) in [5.74, 6) is 6.35. The van der Waals surface area contributed by atoms with Gasteiger partial charge in [-0.05, 0) is 45.0 Å². The molecule has 1 aliphatic heterocycles. The maximum Gasteiger partial charge on any atom is 0.252 e. The van der Waals surface area contributed by atoms with Crippen LogP contribution < -0.4 is 11.1 Å². The van der Waals surface area contributed by atoms with Gasteiger partial charge in [0, 0.05) is 11.9 Å². The van der Waals surface area contributed by atoms with Crippen LogP contribution in [0.5, 0.6) is 0 Å². The topological polar surface area (TPSA) is 58.4 Å². The molecule has 1 fully saturated rings. The highest BCUT2D eigenvalue weighted by molar-refractivity contribution is 7.10. The van der Waals surface area contributed by atoms with Gasteiger partial charge in [0.1, 0.15) is 0 Å². The standard InChI is InChI=1S/C15H21N3OS/c1-18-7-4-12(5-8-18)10-17-15(19)13-9-14(20-11-13)3-2-6-16/h9,11-12H,4-8,10,16H2,1H3,(H,17,19). The van der Waals surface area contributed by atoms with Crippen molar-refractivity contribution in [3.63, 3.8) is 0 Å². The van der Waals surface area contributed by atoms with E-state index in [4.69, 9.17) is 5.73 Å². The van der Waals surface area contributed by atoms with Gasteiger partial charge in [-0.2, -0.15) is 0 Å². The number of rotatable bonds is 3. The van der Waals surface area contributed by atoms with Gasteiger partial charge in [-0.15, -0.1) is 11.3 Å². The van der Waals surface area contributed by atoms with Crippen molar-refractivity contribution in [3.05, 3.63) is 21.9 Å². The molecule has 20 heavy (non-hydrogen) atoms. The summed E-state index contributed by atoms with van der Waals surface area (Å²) in [5.41, 5.74) is 6.03. The summed E-state index contributed by atoms with van der Waals surface area (Å²) < 4.78 is 0. The average molecular weight is 291 g/mol. The summed E-state index contributed by atoms with van der Waals surface area (Å²) in [6.45, 7) is 3.36. The molecule has 2 heterocycles. The van der Waals surface area contributed by atoms with E-state index < -0.39 is 0 Å². The minimum atomic E-state index is 0.000904. The molecule has 3 N–H and O–H groups in total. The quantitative estimate of drug-likeness (QED) is 0.821. The lowest BCUT2D eigenvalue weighted by Gasteiger charge is -2.28. The van der Waals surface area contributed by atoms with E-state index in [1.807, 2.05) is 11.4 Å². The number of hydrogen-bond donors (Lipinski definition) is 2. The van der Waals surface area contributed by atoms with Crippen molar-refractivity contribution in [2.24, 2.45) is 11.7 Å².